The number of carbonyl (C=O) groups is 1. The number of rotatable bonds is 5. The van der Waals surface area contributed by atoms with Crippen molar-refractivity contribution in [3.63, 3.8) is 0 Å². The number of nitrogens with zero attached hydrogens (tertiary/aromatic N) is 1. The van der Waals surface area contributed by atoms with Crippen LogP contribution < -0.4 is 5.32 Å². The molecule has 2 aliphatic rings. The highest BCUT2D eigenvalue weighted by Gasteiger charge is 2.33. The van der Waals surface area contributed by atoms with Crippen molar-refractivity contribution in [2.45, 2.75) is 63.2 Å². The minimum absolute atomic E-state index is 0.0135. The summed E-state index contributed by atoms with van der Waals surface area (Å²) in [4.78, 5) is 12.7. The lowest BCUT2D eigenvalue weighted by atomic mass is 9.97. The van der Waals surface area contributed by atoms with E-state index in [4.69, 9.17) is 11.6 Å². The molecule has 1 aromatic carbocycles. The van der Waals surface area contributed by atoms with Gasteiger partial charge >= 0.3 is 0 Å². The highest BCUT2D eigenvalue weighted by molar-refractivity contribution is 7.88. The van der Waals surface area contributed by atoms with Crippen LogP contribution in [-0.4, -0.2) is 37.8 Å². The van der Waals surface area contributed by atoms with Gasteiger partial charge in [-0.25, -0.2) is 12.7 Å². The summed E-state index contributed by atoms with van der Waals surface area (Å²) < 4.78 is 27.2. The van der Waals surface area contributed by atoms with Crippen molar-refractivity contribution in [1.29, 1.82) is 0 Å². The van der Waals surface area contributed by atoms with Gasteiger partial charge in [-0.05, 0) is 37.3 Å². The molecular formula is C20H29ClN2O3S. The number of hydrogen-bond acceptors (Lipinski definition) is 3. The molecule has 1 saturated carbocycles. The lowest BCUT2D eigenvalue weighted by Crippen LogP contribution is -2.47. The molecule has 1 aliphatic carbocycles. The minimum Gasteiger partial charge on any atom is -0.353 e. The summed E-state index contributed by atoms with van der Waals surface area (Å²) in [7, 11) is -3.50. The average molecular weight is 413 g/mol. The van der Waals surface area contributed by atoms with Gasteiger partial charge in [0, 0.05) is 24.2 Å². The van der Waals surface area contributed by atoms with E-state index in [-0.39, 0.29) is 30.2 Å². The first-order valence-electron chi connectivity index (χ1n) is 9.97. The fourth-order valence-corrected chi connectivity index (χ4v) is 5.98. The molecule has 150 valence electrons. The molecule has 1 aromatic rings. The summed E-state index contributed by atoms with van der Waals surface area (Å²) in [5.41, 5.74) is 0.601. The maximum absolute atomic E-state index is 12.8. The van der Waals surface area contributed by atoms with Crippen LogP contribution in [0.1, 0.15) is 56.9 Å². The van der Waals surface area contributed by atoms with Gasteiger partial charge in [0.15, 0.2) is 0 Å². The third-order valence-electron chi connectivity index (χ3n) is 5.65. The second-order valence-electron chi connectivity index (χ2n) is 7.74. The predicted molar refractivity (Wildman–Crippen MR) is 108 cm³/mol. The Morgan fingerprint density at radius 1 is 1.07 bits per heavy atom. The van der Waals surface area contributed by atoms with E-state index in [0.29, 0.717) is 23.6 Å². The first kappa shape index (κ1) is 20.6. The molecule has 1 N–H and O–H groups in total. The van der Waals surface area contributed by atoms with Crippen molar-refractivity contribution in [2.24, 2.45) is 5.92 Å². The van der Waals surface area contributed by atoms with Crippen LogP contribution in [0.4, 0.5) is 0 Å². The summed E-state index contributed by atoms with van der Waals surface area (Å²) in [6, 6.07) is 7.25. The molecule has 1 atom stereocenters. The number of amides is 1. The van der Waals surface area contributed by atoms with E-state index >= 15 is 0 Å². The smallest absolute Gasteiger partial charge is 0.224 e. The highest BCUT2D eigenvalue weighted by Crippen LogP contribution is 2.25. The molecule has 0 unspecified atom stereocenters. The summed E-state index contributed by atoms with van der Waals surface area (Å²) in [5.74, 6) is -0.369. The van der Waals surface area contributed by atoms with Crippen LogP contribution >= 0.6 is 11.6 Å². The Morgan fingerprint density at radius 3 is 2.48 bits per heavy atom. The Labute approximate surface area is 167 Å². The summed E-state index contributed by atoms with van der Waals surface area (Å²) in [6.45, 7) is 0.741. The normalized spacial score (nSPS) is 22.9. The van der Waals surface area contributed by atoms with Crippen molar-refractivity contribution in [1.82, 2.24) is 9.62 Å². The van der Waals surface area contributed by atoms with Gasteiger partial charge in [-0.15, -0.1) is 0 Å². The van der Waals surface area contributed by atoms with Gasteiger partial charge in [0.25, 0.3) is 0 Å². The fraction of sp³-hybridized carbons (Fsp3) is 0.650. The number of nitrogens with one attached hydrogen (secondary N) is 1. The van der Waals surface area contributed by atoms with Crippen molar-refractivity contribution >= 4 is 27.5 Å². The molecule has 0 spiro atoms. The van der Waals surface area contributed by atoms with Crippen LogP contribution in [0.25, 0.3) is 0 Å². The maximum Gasteiger partial charge on any atom is 0.224 e. The van der Waals surface area contributed by atoms with E-state index in [1.165, 1.54) is 17.1 Å². The van der Waals surface area contributed by atoms with E-state index in [2.05, 4.69) is 5.32 Å². The number of sulfonamides is 1. The summed E-state index contributed by atoms with van der Waals surface area (Å²) in [5, 5.41) is 3.64. The lowest BCUT2D eigenvalue weighted by Gasteiger charge is -2.32. The summed E-state index contributed by atoms with van der Waals surface area (Å²) >= 11 is 6.12. The average Bonchev–Trinajstić information content (AvgIpc) is 2.92. The third-order valence-corrected chi connectivity index (χ3v) is 7.81. The van der Waals surface area contributed by atoms with Crippen molar-refractivity contribution < 1.29 is 13.2 Å². The zero-order chi connectivity index (χ0) is 19.3. The Hall–Kier alpha value is -1.11. The SMILES string of the molecule is O=C(NC1CCCCCC1)[C@H]1CCCN(S(=O)(=O)Cc2ccccc2Cl)C1. The molecule has 27 heavy (non-hydrogen) atoms. The standard InChI is InChI=1S/C20H29ClN2O3S/c21-19-12-6-5-8-17(19)15-27(25,26)23-13-7-9-16(14-23)20(24)22-18-10-3-1-2-4-11-18/h5-6,8,12,16,18H,1-4,7,9-11,13-15H2,(H,22,24)/t16-/m0/s1. The number of piperidine rings is 1. The van der Waals surface area contributed by atoms with E-state index < -0.39 is 10.0 Å². The van der Waals surface area contributed by atoms with Crippen molar-refractivity contribution in [3.05, 3.63) is 34.9 Å². The topological polar surface area (TPSA) is 66.5 Å². The molecule has 0 aromatic heterocycles. The number of carbonyl (C=O) groups excluding carboxylic acids is 1. The number of hydrogen-bond donors (Lipinski definition) is 1. The van der Waals surface area contributed by atoms with Crippen LogP contribution in [0, 0.1) is 5.92 Å². The fourth-order valence-electron chi connectivity index (χ4n) is 4.06. The van der Waals surface area contributed by atoms with Gasteiger partial charge in [-0.2, -0.15) is 0 Å². The second kappa shape index (κ2) is 9.39. The van der Waals surface area contributed by atoms with Gasteiger partial charge in [0.2, 0.25) is 15.9 Å². The van der Waals surface area contributed by atoms with Crippen LogP contribution in [-0.2, 0) is 20.6 Å². The van der Waals surface area contributed by atoms with Crippen molar-refractivity contribution in [3.8, 4) is 0 Å². The molecule has 3 rings (SSSR count). The first-order valence-corrected chi connectivity index (χ1v) is 12.0. The predicted octanol–water partition coefficient (Wildman–Crippen LogP) is 3.72. The lowest BCUT2D eigenvalue weighted by molar-refractivity contribution is -0.126. The van der Waals surface area contributed by atoms with Crippen LogP contribution in [0.5, 0.6) is 0 Å². The molecule has 5 nitrogen and oxygen atoms in total. The molecule has 2 fully saturated rings. The maximum atomic E-state index is 12.8. The van der Waals surface area contributed by atoms with E-state index in [1.807, 2.05) is 0 Å². The quantitative estimate of drug-likeness (QED) is 0.749. The molecule has 1 heterocycles. The van der Waals surface area contributed by atoms with Gasteiger partial charge < -0.3 is 5.32 Å². The largest absolute Gasteiger partial charge is 0.353 e. The summed E-state index contributed by atoms with van der Waals surface area (Å²) in [6.07, 6.45) is 8.33. The molecule has 1 saturated heterocycles. The molecule has 1 aliphatic heterocycles. The highest BCUT2D eigenvalue weighted by atomic mass is 35.5. The molecule has 7 heteroatoms. The van der Waals surface area contributed by atoms with Gasteiger partial charge in [-0.1, -0.05) is 55.5 Å². The minimum atomic E-state index is -3.50. The zero-order valence-electron chi connectivity index (χ0n) is 15.7. The van der Waals surface area contributed by atoms with Crippen LogP contribution in [0.2, 0.25) is 5.02 Å². The van der Waals surface area contributed by atoms with E-state index in [1.54, 1.807) is 24.3 Å². The monoisotopic (exact) mass is 412 g/mol. The number of halogens is 1. The third kappa shape index (κ3) is 5.69. The second-order valence-corrected chi connectivity index (χ2v) is 10.1. The van der Waals surface area contributed by atoms with Crippen LogP contribution in [0.3, 0.4) is 0 Å². The molecule has 1 amide bonds. The van der Waals surface area contributed by atoms with Crippen molar-refractivity contribution in [2.75, 3.05) is 13.1 Å². The molecule has 0 radical (unpaired) electrons. The van der Waals surface area contributed by atoms with Crippen LogP contribution in [0.15, 0.2) is 24.3 Å². The van der Waals surface area contributed by atoms with E-state index in [9.17, 15) is 13.2 Å². The van der Waals surface area contributed by atoms with Gasteiger partial charge in [0.1, 0.15) is 0 Å². The zero-order valence-corrected chi connectivity index (χ0v) is 17.3. The Kier molecular flexibility index (Phi) is 7.17. The number of benzene rings is 1. The molecule has 0 bridgehead atoms. The van der Waals surface area contributed by atoms with E-state index in [0.717, 1.165) is 32.1 Å². The van der Waals surface area contributed by atoms with Gasteiger partial charge in [0.05, 0.1) is 11.7 Å². The Morgan fingerprint density at radius 2 is 1.78 bits per heavy atom. The Bertz CT molecular complexity index is 745. The Balaban J connectivity index is 1.61. The molecular weight excluding hydrogens is 384 g/mol. The van der Waals surface area contributed by atoms with Gasteiger partial charge in [-0.3, -0.25) is 4.79 Å². The first-order chi connectivity index (χ1) is 13.0.